The van der Waals surface area contributed by atoms with Crippen LogP contribution in [0.4, 0.5) is 0 Å². The van der Waals surface area contributed by atoms with E-state index in [1.54, 1.807) is 19.2 Å². The molecule has 0 aliphatic heterocycles. The molecule has 0 saturated carbocycles. The van der Waals surface area contributed by atoms with E-state index in [4.69, 9.17) is 9.15 Å². The van der Waals surface area contributed by atoms with Crippen molar-refractivity contribution in [2.45, 2.75) is 17.3 Å². The summed E-state index contributed by atoms with van der Waals surface area (Å²) in [7, 11) is 1.62. The molecular formula is C15H14N2O3S. The molecule has 0 bridgehead atoms. The van der Waals surface area contributed by atoms with E-state index in [-0.39, 0.29) is 11.0 Å². The summed E-state index contributed by atoms with van der Waals surface area (Å²) < 4.78 is 10.3. The Morgan fingerprint density at radius 3 is 3.00 bits per heavy atom. The molecule has 5 nitrogen and oxygen atoms in total. The van der Waals surface area contributed by atoms with Gasteiger partial charge in [0.1, 0.15) is 5.75 Å². The Bertz CT molecular complexity index is 764. The number of aromatic nitrogens is 2. The van der Waals surface area contributed by atoms with Gasteiger partial charge in [-0.15, -0.1) is 0 Å². The zero-order valence-electron chi connectivity index (χ0n) is 11.6. The number of hydrogen-bond donors (Lipinski definition) is 1. The monoisotopic (exact) mass is 302 g/mol. The van der Waals surface area contributed by atoms with Gasteiger partial charge in [-0.3, -0.25) is 4.79 Å². The molecule has 0 amide bonds. The number of carbonyl (C=O) groups excluding carboxylic acids is 1. The highest BCUT2D eigenvalue weighted by molar-refractivity contribution is 8.00. The predicted molar refractivity (Wildman–Crippen MR) is 81.0 cm³/mol. The number of furan rings is 1. The van der Waals surface area contributed by atoms with Crippen molar-refractivity contribution in [2.24, 2.45) is 0 Å². The standard InChI is InChI=1S/C15H14N2O3S/c1-9(14(18)13-4-3-7-20-13)21-15-16-11-6-5-10(19-2)8-12(11)17-15/h3-9H,1-2H3,(H,16,17). The minimum absolute atomic E-state index is 0.0527. The van der Waals surface area contributed by atoms with Crippen molar-refractivity contribution in [3.8, 4) is 5.75 Å². The lowest BCUT2D eigenvalue weighted by Gasteiger charge is -2.05. The molecule has 1 atom stereocenters. The third kappa shape index (κ3) is 2.80. The zero-order chi connectivity index (χ0) is 14.8. The number of carbonyl (C=O) groups is 1. The number of imidazole rings is 1. The molecule has 0 fully saturated rings. The first kappa shape index (κ1) is 13.8. The number of nitrogens with one attached hydrogen (secondary N) is 1. The SMILES string of the molecule is COc1ccc2nc(SC(C)C(=O)c3ccco3)[nH]c2c1. The molecule has 21 heavy (non-hydrogen) atoms. The second-order valence-corrected chi connectivity index (χ2v) is 5.86. The van der Waals surface area contributed by atoms with E-state index in [0.29, 0.717) is 10.9 Å². The molecule has 0 spiro atoms. The fraction of sp³-hybridized carbons (Fsp3) is 0.200. The lowest BCUT2D eigenvalue weighted by atomic mass is 10.2. The number of hydrogen-bond acceptors (Lipinski definition) is 5. The Kier molecular flexibility index (Phi) is 3.70. The van der Waals surface area contributed by atoms with Gasteiger partial charge >= 0.3 is 0 Å². The fourth-order valence-corrected chi connectivity index (χ4v) is 2.87. The van der Waals surface area contributed by atoms with Crippen molar-refractivity contribution in [2.75, 3.05) is 7.11 Å². The predicted octanol–water partition coefficient (Wildman–Crippen LogP) is 3.53. The fourth-order valence-electron chi connectivity index (χ4n) is 1.99. The molecule has 3 rings (SSSR count). The summed E-state index contributed by atoms with van der Waals surface area (Å²) in [5.41, 5.74) is 1.73. The van der Waals surface area contributed by atoms with Crippen molar-refractivity contribution < 1.29 is 13.9 Å². The molecule has 2 aromatic heterocycles. The van der Waals surface area contributed by atoms with Crippen LogP contribution in [0.15, 0.2) is 46.2 Å². The Morgan fingerprint density at radius 2 is 2.29 bits per heavy atom. The van der Waals surface area contributed by atoms with E-state index in [0.717, 1.165) is 16.8 Å². The second kappa shape index (κ2) is 5.65. The second-order valence-electron chi connectivity index (χ2n) is 4.53. The number of Topliss-reactive ketones (excluding diaryl/α,β-unsaturated/α-hetero) is 1. The van der Waals surface area contributed by atoms with E-state index >= 15 is 0 Å². The van der Waals surface area contributed by atoms with Crippen molar-refractivity contribution in [3.63, 3.8) is 0 Å². The lowest BCUT2D eigenvalue weighted by molar-refractivity contribution is 0.0967. The number of methoxy groups -OCH3 is 1. The van der Waals surface area contributed by atoms with E-state index in [1.165, 1.54) is 18.0 Å². The van der Waals surface area contributed by atoms with Gasteiger partial charge in [-0.1, -0.05) is 11.8 Å². The third-order valence-corrected chi connectivity index (χ3v) is 4.07. The van der Waals surface area contributed by atoms with Crippen LogP contribution in [-0.2, 0) is 0 Å². The quantitative estimate of drug-likeness (QED) is 0.577. The molecule has 2 heterocycles. The molecule has 0 saturated heterocycles. The summed E-state index contributed by atoms with van der Waals surface area (Å²) in [4.78, 5) is 19.8. The Morgan fingerprint density at radius 1 is 1.43 bits per heavy atom. The average molecular weight is 302 g/mol. The van der Waals surface area contributed by atoms with Crippen LogP contribution in [0.5, 0.6) is 5.75 Å². The topological polar surface area (TPSA) is 68.1 Å². The largest absolute Gasteiger partial charge is 0.497 e. The maximum absolute atomic E-state index is 12.1. The normalized spacial score (nSPS) is 12.5. The molecule has 6 heteroatoms. The van der Waals surface area contributed by atoms with Crippen LogP contribution in [0.2, 0.25) is 0 Å². The Balaban J connectivity index is 1.79. The summed E-state index contributed by atoms with van der Waals surface area (Å²) in [6, 6.07) is 9.00. The van der Waals surface area contributed by atoms with Gasteiger partial charge in [-0.05, 0) is 31.2 Å². The highest BCUT2D eigenvalue weighted by atomic mass is 32.2. The van der Waals surface area contributed by atoms with Crippen molar-refractivity contribution >= 4 is 28.6 Å². The number of rotatable bonds is 5. The smallest absolute Gasteiger partial charge is 0.211 e. The van der Waals surface area contributed by atoms with Gasteiger partial charge in [0.05, 0.1) is 29.7 Å². The summed E-state index contributed by atoms with van der Waals surface area (Å²) in [6.07, 6.45) is 1.50. The molecule has 1 aromatic carbocycles. The molecule has 1 N–H and O–H groups in total. The van der Waals surface area contributed by atoms with Gasteiger partial charge in [0, 0.05) is 6.07 Å². The Labute approximate surface area is 125 Å². The van der Waals surface area contributed by atoms with Gasteiger partial charge in [-0.2, -0.15) is 0 Å². The van der Waals surface area contributed by atoms with Crippen molar-refractivity contribution in [3.05, 3.63) is 42.4 Å². The first-order valence-corrected chi connectivity index (χ1v) is 7.33. The number of fused-ring (bicyclic) bond motifs is 1. The van der Waals surface area contributed by atoms with E-state index in [1.807, 2.05) is 25.1 Å². The molecule has 1 unspecified atom stereocenters. The van der Waals surface area contributed by atoms with Crippen LogP contribution in [0.1, 0.15) is 17.5 Å². The number of ketones is 1. The zero-order valence-corrected chi connectivity index (χ0v) is 12.4. The van der Waals surface area contributed by atoms with E-state index < -0.39 is 0 Å². The van der Waals surface area contributed by atoms with Crippen molar-refractivity contribution in [1.82, 2.24) is 9.97 Å². The van der Waals surface area contributed by atoms with E-state index in [2.05, 4.69) is 9.97 Å². The highest BCUT2D eigenvalue weighted by Gasteiger charge is 2.20. The van der Waals surface area contributed by atoms with Gasteiger partial charge < -0.3 is 14.1 Å². The van der Waals surface area contributed by atoms with Crippen molar-refractivity contribution in [1.29, 1.82) is 0 Å². The minimum atomic E-state index is -0.279. The first-order valence-electron chi connectivity index (χ1n) is 6.45. The summed E-state index contributed by atoms with van der Waals surface area (Å²) in [5, 5.41) is 0.421. The van der Waals surface area contributed by atoms with Crippen LogP contribution in [0.3, 0.4) is 0 Å². The summed E-state index contributed by atoms with van der Waals surface area (Å²) >= 11 is 1.37. The number of nitrogens with zero attached hydrogens (tertiary/aromatic N) is 1. The third-order valence-electron chi connectivity index (χ3n) is 3.09. The maximum atomic E-state index is 12.1. The number of benzene rings is 1. The molecule has 108 valence electrons. The van der Waals surface area contributed by atoms with Crippen LogP contribution in [0.25, 0.3) is 11.0 Å². The minimum Gasteiger partial charge on any atom is -0.497 e. The van der Waals surface area contributed by atoms with Crippen LogP contribution in [0, 0.1) is 0 Å². The maximum Gasteiger partial charge on any atom is 0.211 e. The van der Waals surface area contributed by atoms with Gasteiger partial charge in [0.2, 0.25) is 5.78 Å². The van der Waals surface area contributed by atoms with Crippen LogP contribution in [-0.4, -0.2) is 28.1 Å². The van der Waals surface area contributed by atoms with Gasteiger partial charge in [0.15, 0.2) is 10.9 Å². The number of H-pyrrole nitrogens is 1. The Hall–Kier alpha value is -2.21. The number of aromatic amines is 1. The van der Waals surface area contributed by atoms with E-state index in [9.17, 15) is 4.79 Å². The molecule has 0 aliphatic carbocycles. The number of ether oxygens (including phenoxy) is 1. The molecule has 3 aromatic rings. The van der Waals surface area contributed by atoms with Crippen LogP contribution >= 0.6 is 11.8 Å². The number of thioether (sulfide) groups is 1. The molecule has 0 aliphatic rings. The lowest BCUT2D eigenvalue weighted by Crippen LogP contribution is -2.12. The van der Waals surface area contributed by atoms with Crippen LogP contribution < -0.4 is 4.74 Å². The summed E-state index contributed by atoms with van der Waals surface area (Å²) in [5.74, 6) is 1.08. The molecular weight excluding hydrogens is 288 g/mol. The summed E-state index contributed by atoms with van der Waals surface area (Å²) in [6.45, 7) is 1.84. The highest BCUT2D eigenvalue weighted by Crippen LogP contribution is 2.27. The van der Waals surface area contributed by atoms with Gasteiger partial charge in [0.25, 0.3) is 0 Å². The first-order chi connectivity index (χ1) is 10.2. The van der Waals surface area contributed by atoms with Gasteiger partial charge in [-0.25, -0.2) is 4.98 Å². The molecule has 0 radical (unpaired) electrons. The average Bonchev–Trinajstić information content (AvgIpc) is 3.14.